The second-order valence-corrected chi connectivity index (χ2v) is 9.44. The van der Waals surface area contributed by atoms with Gasteiger partial charge in [-0.3, -0.25) is 9.59 Å². The van der Waals surface area contributed by atoms with Gasteiger partial charge in [0.2, 0.25) is 0 Å². The largest absolute Gasteiger partial charge is 0.481 e. The number of aliphatic carboxylic acids is 1. The summed E-state index contributed by atoms with van der Waals surface area (Å²) in [5, 5.41) is 20.7. The molecule has 24 heavy (non-hydrogen) atoms. The Balaban J connectivity index is 1.80. The summed E-state index contributed by atoms with van der Waals surface area (Å²) >= 11 is 0. The van der Waals surface area contributed by atoms with E-state index in [2.05, 4.69) is 13.5 Å². The first kappa shape index (κ1) is 16.3. The van der Waals surface area contributed by atoms with Crippen LogP contribution < -0.4 is 0 Å². The minimum Gasteiger partial charge on any atom is -0.481 e. The summed E-state index contributed by atoms with van der Waals surface area (Å²) in [5.74, 6) is -0.421. The number of carbonyl (C=O) groups excluding carboxylic acids is 1. The van der Waals surface area contributed by atoms with Crippen LogP contribution in [0.1, 0.15) is 65.2 Å². The summed E-state index contributed by atoms with van der Waals surface area (Å²) in [4.78, 5) is 24.7. The molecule has 0 unspecified atom stereocenters. The average Bonchev–Trinajstić information content (AvgIpc) is 2.64. The van der Waals surface area contributed by atoms with Gasteiger partial charge in [0.15, 0.2) is 5.78 Å². The van der Waals surface area contributed by atoms with E-state index >= 15 is 0 Å². The Morgan fingerprint density at radius 1 is 1.12 bits per heavy atom. The third-order valence-corrected chi connectivity index (χ3v) is 8.56. The molecule has 4 saturated carbocycles. The SMILES string of the molecule is C=C1C(=O)[C@@]2(O)CC[C@@H]3[C@@]1(CC[C@H]1[C@@]3(C)CCC[C@@]1(C)C(=O)O)C2. The Kier molecular flexibility index (Phi) is 3.07. The Hall–Kier alpha value is -1.16. The van der Waals surface area contributed by atoms with Gasteiger partial charge in [0, 0.05) is 5.41 Å². The van der Waals surface area contributed by atoms with E-state index in [0.29, 0.717) is 18.4 Å². The molecule has 1 spiro atoms. The van der Waals surface area contributed by atoms with Crippen molar-refractivity contribution < 1.29 is 19.8 Å². The van der Waals surface area contributed by atoms with Crippen LogP contribution in [0.25, 0.3) is 0 Å². The lowest BCUT2D eigenvalue weighted by Gasteiger charge is -2.63. The van der Waals surface area contributed by atoms with Crippen LogP contribution in [0, 0.1) is 28.1 Å². The molecule has 4 heteroatoms. The molecule has 0 amide bonds. The molecular formula is C20H28O4. The summed E-state index contributed by atoms with van der Waals surface area (Å²) < 4.78 is 0. The maximum atomic E-state index is 12.6. The fraction of sp³-hybridized carbons (Fsp3) is 0.800. The molecule has 4 fully saturated rings. The minimum absolute atomic E-state index is 0.0848. The normalized spacial score (nSPS) is 53.5. The molecule has 0 aromatic carbocycles. The summed E-state index contributed by atoms with van der Waals surface area (Å²) in [6.07, 6.45) is 6.12. The molecule has 6 atom stereocenters. The number of carboxylic acids is 1. The van der Waals surface area contributed by atoms with Crippen molar-refractivity contribution in [1.29, 1.82) is 0 Å². The van der Waals surface area contributed by atoms with Gasteiger partial charge >= 0.3 is 5.97 Å². The third-order valence-electron chi connectivity index (χ3n) is 8.56. The van der Waals surface area contributed by atoms with E-state index in [0.717, 1.165) is 38.5 Å². The number of hydrogen-bond acceptors (Lipinski definition) is 3. The molecule has 4 rings (SSSR count). The van der Waals surface area contributed by atoms with Gasteiger partial charge in [0.1, 0.15) is 5.60 Å². The first-order chi connectivity index (χ1) is 11.1. The lowest BCUT2D eigenvalue weighted by molar-refractivity contribution is -0.183. The Labute approximate surface area is 143 Å². The molecule has 4 aliphatic rings. The molecule has 0 radical (unpaired) electrons. The fourth-order valence-corrected chi connectivity index (χ4v) is 7.42. The van der Waals surface area contributed by atoms with Crippen molar-refractivity contribution in [2.24, 2.45) is 28.1 Å². The zero-order chi connectivity index (χ0) is 17.5. The molecule has 0 aromatic heterocycles. The molecule has 132 valence electrons. The molecule has 0 saturated heterocycles. The highest BCUT2D eigenvalue weighted by molar-refractivity contribution is 6.05. The number of hydrogen-bond donors (Lipinski definition) is 2. The van der Waals surface area contributed by atoms with Crippen molar-refractivity contribution in [3.05, 3.63) is 12.2 Å². The van der Waals surface area contributed by atoms with Crippen molar-refractivity contribution in [2.75, 3.05) is 0 Å². The number of fused-ring (bicyclic) bond motifs is 3. The summed E-state index contributed by atoms with van der Waals surface area (Å²) in [6, 6.07) is 0. The number of aliphatic hydroxyl groups is 1. The lowest BCUT2D eigenvalue weighted by atomic mass is 9.40. The van der Waals surface area contributed by atoms with E-state index in [9.17, 15) is 19.8 Å². The minimum atomic E-state index is -1.21. The molecule has 2 N–H and O–H groups in total. The first-order valence-corrected chi connectivity index (χ1v) is 9.30. The van der Waals surface area contributed by atoms with Crippen LogP contribution in [0.3, 0.4) is 0 Å². The van der Waals surface area contributed by atoms with Gasteiger partial charge < -0.3 is 10.2 Å². The van der Waals surface area contributed by atoms with Gasteiger partial charge in [0.05, 0.1) is 5.41 Å². The Morgan fingerprint density at radius 3 is 2.46 bits per heavy atom. The maximum absolute atomic E-state index is 12.6. The topological polar surface area (TPSA) is 74.6 Å². The van der Waals surface area contributed by atoms with Gasteiger partial charge in [-0.2, -0.15) is 0 Å². The predicted octanol–water partition coefficient (Wildman–Crippen LogP) is 3.33. The number of carboxylic acid groups (broad SMARTS) is 1. The summed E-state index contributed by atoms with van der Waals surface area (Å²) in [5.41, 5.74) is -1.65. The molecule has 0 aliphatic heterocycles. The standard InChI is InChI=1S/C20H28O4/c1-12-15(21)20(24)10-6-14-17(2)7-4-8-18(3,16(22)23)13(17)5-9-19(12,14)11-20/h13-14,24H,1,4-11H2,2-3H3,(H,22,23)/t13-,14-,17+,18+,19-,20+/m0/s1. The fourth-order valence-electron chi connectivity index (χ4n) is 7.42. The smallest absolute Gasteiger partial charge is 0.309 e. The van der Waals surface area contributed by atoms with Crippen LogP contribution in [0.5, 0.6) is 0 Å². The van der Waals surface area contributed by atoms with E-state index in [1.165, 1.54) is 0 Å². The molecule has 0 aromatic rings. The van der Waals surface area contributed by atoms with E-state index < -0.39 is 17.0 Å². The van der Waals surface area contributed by atoms with Crippen LogP contribution in [0.15, 0.2) is 12.2 Å². The Morgan fingerprint density at radius 2 is 1.79 bits per heavy atom. The highest BCUT2D eigenvalue weighted by Gasteiger charge is 2.70. The second kappa shape index (κ2) is 4.51. The molecule has 4 nitrogen and oxygen atoms in total. The quantitative estimate of drug-likeness (QED) is 0.722. The van der Waals surface area contributed by atoms with Crippen molar-refractivity contribution >= 4 is 11.8 Å². The molecular weight excluding hydrogens is 304 g/mol. The molecule has 0 heterocycles. The number of carbonyl (C=O) groups is 2. The lowest BCUT2D eigenvalue weighted by Crippen LogP contribution is -2.59. The highest BCUT2D eigenvalue weighted by atomic mass is 16.4. The van der Waals surface area contributed by atoms with Crippen LogP contribution >= 0.6 is 0 Å². The van der Waals surface area contributed by atoms with Crippen molar-refractivity contribution in [3.8, 4) is 0 Å². The van der Waals surface area contributed by atoms with Crippen molar-refractivity contribution in [3.63, 3.8) is 0 Å². The zero-order valence-electron chi connectivity index (χ0n) is 14.7. The van der Waals surface area contributed by atoms with Crippen LogP contribution in [-0.4, -0.2) is 27.6 Å². The second-order valence-electron chi connectivity index (χ2n) is 9.44. The highest BCUT2D eigenvalue weighted by Crippen LogP contribution is 2.72. The van der Waals surface area contributed by atoms with E-state index in [-0.39, 0.29) is 28.4 Å². The molecule has 2 bridgehead atoms. The number of rotatable bonds is 1. The summed E-state index contributed by atoms with van der Waals surface area (Å²) in [7, 11) is 0. The molecule has 4 aliphatic carbocycles. The average molecular weight is 332 g/mol. The van der Waals surface area contributed by atoms with Gasteiger partial charge in [0.25, 0.3) is 0 Å². The van der Waals surface area contributed by atoms with Crippen molar-refractivity contribution in [1.82, 2.24) is 0 Å². The van der Waals surface area contributed by atoms with Crippen molar-refractivity contribution in [2.45, 2.75) is 70.8 Å². The first-order valence-electron chi connectivity index (χ1n) is 9.30. The third kappa shape index (κ3) is 1.63. The van der Waals surface area contributed by atoms with Crippen LogP contribution in [0.4, 0.5) is 0 Å². The van der Waals surface area contributed by atoms with Crippen LogP contribution in [-0.2, 0) is 9.59 Å². The van der Waals surface area contributed by atoms with E-state index in [1.807, 2.05) is 6.92 Å². The number of Topliss-reactive ketones (excluding diaryl/α,β-unsaturated/α-hetero) is 1. The summed E-state index contributed by atoms with van der Waals surface area (Å²) in [6.45, 7) is 8.29. The van der Waals surface area contributed by atoms with Gasteiger partial charge in [-0.25, -0.2) is 0 Å². The van der Waals surface area contributed by atoms with E-state index in [4.69, 9.17) is 0 Å². The van der Waals surface area contributed by atoms with Gasteiger partial charge in [-0.05, 0) is 74.7 Å². The zero-order valence-corrected chi connectivity index (χ0v) is 14.7. The monoisotopic (exact) mass is 332 g/mol. The van der Waals surface area contributed by atoms with Gasteiger partial charge in [-0.15, -0.1) is 0 Å². The Bertz CT molecular complexity index is 654. The van der Waals surface area contributed by atoms with Crippen LogP contribution in [0.2, 0.25) is 0 Å². The van der Waals surface area contributed by atoms with E-state index in [1.54, 1.807) is 0 Å². The van der Waals surface area contributed by atoms with Gasteiger partial charge in [-0.1, -0.05) is 19.9 Å². The predicted molar refractivity (Wildman–Crippen MR) is 89.3 cm³/mol. The maximum Gasteiger partial charge on any atom is 0.309 e. The number of ketones is 1.